The summed E-state index contributed by atoms with van der Waals surface area (Å²) in [4.78, 5) is 18.2. The Kier molecular flexibility index (Phi) is 3.00. The minimum absolute atomic E-state index is 0.0363. The molecule has 0 fully saturated rings. The molecule has 0 aliphatic rings. The van der Waals surface area contributed by atoms with Crippen LogP contribution in [-0.2, 0) is 0 Å². The third-order valence-electron chi connectivity index (χ3n) is 1.93. The molecule has 2 rings (SSSR count). The van der Waals surface area contributed by atoms with Gasteiger partial charge in [-0.25, -0.2) is 9.37 Å². The number of H-pyrrole nitrogens is 1. The van der Waals surface area contributed by atoms with E-state index in [-0.39, 0.29) is 16.0 Å². The Morgan fingerprint density at radius 2 is 2.31 bits per heavy atom. The van der Waals surface area contributed by atoms with Crippen LogP contribution >= 0.6 is 15.9 Å². The first-order valence-electron chi connectivity index (χ1n) is 4.43. The van der Waals surface area contributed by atoms with E-state index < -0.39 is 11.7 Å². The predicted molar refractivity (Wildman–Crippen MR) is 60.6 cm³/mol. The summed E-state index contributed by atoms with van der Waals surface area (Å²) in [7, 11) is 0. The minimum Gasteiger partial charge on any atom is -0.331 e. The fraction of sp³-hybridized carbons (Fsp3) is 0. The lowest BCUT2D eigenvalue weighted by Crippen LogP contribution is -2.14. The van der Waals surface area contributed by atoms with Gasteiger partial charge in [0.25, 0.3) is 5.91 Å². The second-order valence-corrected chi connectivity index (χ2v) is 3.85. The largest absolute Gasteiger partial charge is 0.331 e. The van der Waals surface area contributed by atoms with Crippen LogP contribution in [0.4, 0.5) is 10.3 Å². The molecule has 82 valence electrons. The van der Waals surface area contributed by atoms with Gasteiger partial charge in [-0.05, 0) is 28.1 Å². The quantitative estimate of drug-likeness (QED) is 0.890. The van der Waals surface area contributed by atoms with Gasteiger partial charge < -0.3 is 4.98 Å². The molecular weight excluding hydrogens is 277 g/mol. The summed E-state index contributed by atoms with van der Waals surface area (Å²) >= 11 is 3.01. The van der Waals surface area contributed by atoms with Crippen molar-refractivity contribution in [3.8, 4) is 0 Å². The van der Waals surface area contributed by atoms with Crippen molar-refractivity contribution in [2.75, 3.05) is 5.32 Å². The van der Waals surface area contributed by atoms with Gasteiger partial charge in [0.15, 0.2) is 0 Å². The van der Waals surface area contributed by atoms with Gasteiger partial charge >= 0.3 is 0 Å². The maximum absolute atomic E-state index is 13.5. The molecule has 0 spiro atoms. The van der Waals surface area contributed by atoms with Gasteiger partial charge in [0.05, 0.1) is 10.0 Å². The molecule has 0 atom stereocenters. The SMILES string of the molecule is O=C(Nc1ncc[nH]1)c1cccc(Br)c1F. The van der Waals surface area contributed by atoms with Crippen molar-refractivity contribution in [2.45, 2.75) is 0 Å². The molecule has 2 aromatic rings. The Morgan fingerprint density at radius 1 is 1.50 bits per heavy atom. The van der Waals surface area contributed by atoms with E-state index in [9.17, 15) is 9.18 Å². The second-order valence-electron chi connectivity index (χ2n) is 2.99. The van der Waals surface area contributed by atoms with Crippen molar-refractivity contribution in [1.82, 2.24) is 9.97 Å². The molecule has 1 amide bonds. The molecule has 4 nitrogen and oxygen atoms in total. The molecule has 1 aromatic carbocycles. The van der Waals surface area contributed by atoms with E-state index in [0.717, 1.165) is 0 Å². The molecule has 1 aromatic heterocycles. The van der Waals surface area contributed by atoms with Gasteiger partial charge in [0, 0.05) is 12.4 Å². The summed E-state index contributed by atoms with van der Waals surface area (Å²) in [5.41, 5.74) is -0.0363. The average molecular weight is 284 g/mol. The van der Waals surface area contributed by atoms with Crippen LogP contribution < -0.4 is 5.32 Å². The van der Waals surface area contributed by atoms with Crippen molar-refractivity contribution in [3.05, 3.63) is 46.4 Å². The third kappa shape index (κ3) is 2.11. The number of nitrogens with zero attached hydrogens (tertiary/aromatic N) is 1. The highest BCUT2D eigenvalue weighted by Gasteiger charge is 2.14. The summed E-state index contributed by atoms with van der Waals surface area (Å²) in [5.74, 6) is -0.857. The topological polar surface area (TPSA) is 57.8 Å². The Labute approximate surface area is 99.0 Å². The van der Waals surface area contributed by atoms with Gasteiger partial charge in [-0.15, -0.1) is 0 Å². The molecule has 0 unspecified atom stereocenters. The maximum atomic E-state index is 13.5. The van der Waals surface area contributed by atoms with Gasteiger partial charge in [0.1, 0.15) is 5.82 Å². The smallest absolute Gasteiger partial charge is 0.260 e. The molecule has 0 saturated heterocycles. The Balaban J connectivity index is 2.24. The number of hydrogen-bond acceptors (Lipinski definition) is 2. The number of imidazole rings is 1. The molecule has 0 radical (unpaired) electrons. The van der Waals surface area contributed by atoms with Crippen molar-refractivity contribution in [1.29, 1.82) is 0 Å². The fourth-order valence-electron chi connectivity index (χ4n) is 1.19. The lowest BCUT2D eigenvalue weighted by Gasteiger charge is -2.04. The molecule has 2 N–H and O–H groups in total. The number of nitrogens with one attached hydrogen (secondary N) is 2. The molecule has 0 aliphatic heterocycles. The number of rotatable bonds is 2. The van der Waals surface area contributed by atoms with Gasteiger partial charge in [-0.1, -0.05) is 6.07 Å². The zero-order valence-electron chi connectivity index (χ0n) is 8.00. The van der Waals surface area contributed by atoms with Crippen molar-refractivity contribution >= 4 is 27.8 Å². The van der Waals surface area contributed by atoms with Crippen molar-refractivity contribution < 1.29 is 9.18 Å². The first-order valence-corrected chi connectivity index (χ1v) is 5.22. The molecule has 0 aliphatic carbocycles. The Morgan fingerprint density at radius 3 is 3.00 bits per heavy atom. The molecule has 0 bridgehead atoms. The highest BCUT2D eigenvalue weighted by molar-refractivity contribution is 9.10. The number of aromatic nitrogens is 2. The van der Waals surface area contributed by atoms with E-state index in [2.05, 4.69) is 31.2 Å². The lowest BCUT2D eigenvalue weighted by atomic mass is 10.2. The molecule has 6 heteroatoms. The normalized spacial score (nSPS) is 10.1. The number of aromatic amines is 1. The minimum atomic E-state index is -0.591. The van der Waals surface area contributed by atoms with Crippen LogP contribution in [-0.4, -0.2) is 15.9 Å². The van der Waals surface area contributed by atoms with E-state index in [4.69, 9.17) is 0 Å². The number of carbonyl (C=O) groups excluding carboxylic acids is 1. The number of benzene rings is 1. The van der Waals surface area contributed by atoms with Crippen LogP contribution in [0.1, 0.15) is 10.4 Å². The van der Waals surface area contributed by atoms with Crippen LogP contribution in [0.25, 0.3) is 0 Å². The van der Waals surface area contributed by atoms with Gasteiger partial charge in [-0.2, -0.15) is 0 Å². The van der Waals surface area contributed by atoms with Gasteiger partial charge in [0.2, 0.25) is 5.95 Å². The third-order valence-corrected chi connectivity index (χ3v) is 2.54. The predicted octanol–water partition coefficient (Wildman–Crippen LogP) is 2.56. The van der Waals surface area contributed by atoms with Crippen LogP contribution in [0.5, 0.6) is 0 Å². The van der Waals surface area contributed by atoms with Gasteiger partial charge in [-0.3, -0.25) is 10.1 Å². The lowest BCUT2D eigenvalue weighted by molar-refractivity contribution is 0.102. The summed E-state index contributed by atoms with van der Waals surface area (Å²) in [6.07, 6.45) is 3.06. The second kappa shape index (κ2) is 4.44. The highest BCUT2D eigenvalue weighted by atomic mass is 79.9. The summed E-state index contributed by atoms with van der Waals surface area (Å²) in [6.45, 7) is 0. The van der Waals surface area contributed by atoms with E-state index in [1.165, 1.54) is 18.3 Å². The number of carbonyl (C=O) groups is 1. The number of halogens is 2. The first kappa shape index (κ1) is 10.8. The molecule has 1 heterocycles. The highest BCUT2D eigenvalue weighted by Crippen LogP contribution is 2.19. The Bertz CT molecular complexity index is 513. The fourth-order valence-corrected chi connectivity index (χ4v) is 1.55. The number of amides is 1. The van der Waals surface area contributed by atoms with Crippen molar-refractivity contribution in [3.63, 3.8) is 0 Å². The maximum Gasteiger partial charge on any atom is 0.260 e. The average Bonchev–Trinajstić information content (AvgIpc) is 2.74. The zero-order chi connectivity index (χ0) is 11.5. The van der Waals surface area contributed by atoms with Crippen LogP contribution in [0, 0.1) is 5.82 Å². The number of hydrogen-bond donors (Lipinski definition) is 2. The summed E-state index contributed by atoms with van der Waals surface area (Å²) < 4.78 is 13.8. The summed E-state index contributed by atoms with van der Waals surface area (Å²) in [6, 6.07) is 4.52. The Hall–Kier alpha value is -1.69. The van der Waals surface area contributed by atoms with Crippen molar-refractivity contribution in [2.24, 2.45) is 0 Å². The zero-order valence-corrected chi connectivity index (χ0v) is 9.58. The van der Waals surface area contributed by atoms with E-state index in [1.807, 2.05) is 0 Å². The van der Waals surface area contributed by atoms with Crippen LogP contribution in [0.15, 0.2) is 35.1 Å². The summed E-state index contributed by atoms with van der Waals surface area (Å²) in [5, 5.41) is 2.44. The molecule has 0 saturated carbocycles. The van der Waals surface area contributed by atoms with E-state index in [1.54, 1.807) is 12.3 Å². The van der Waals surface area contributed by atoms with E-state index >= 15 is 0 Å². The standard InChI is InChI=1S/C10H7BrFN3O/c11-7-3-1-2-6(8(7)12)9(16)15-10-13-4-5-14-10/h1-5H,(H2,13,14,15,16). The molecule has 16 heavy (non-hydrogen) atoms. The molecular formula is C10H7BrFN3O. The number of anilines is 1. The van der Waals surface area contributed by atoms with Crippen LogP contribution in [0.2, 0.25) is 0 Å². The van der Waals surface area contributed by atoms with Crippen LogP contribution in [0.3, 0.4) is 0 Å². The monoisotopic (exact) mass is 283 g/mol. The first-order chi connectivity index (χ1) is 7.68. The van der Waals surface area contributed by atoms with E-state index in [0.29, 0.717) is 0 Å².